The predicted octanol–water partition coefficient (Wildman–Crippen LogP) is 4.31. The number of piperidine rings is 1. The molecule has 2 aliphatic rings. The van der Waals surface area contributed by atoms with Gasteiger partial charge in [-0.2, -0.15) is 13.2 Å². The van der Waals surface area contributed by atoms with Crippen molar-refractivity contribution in [1.82, 2.24) is 20.1 Å². The van der Waals surface area contributed by atoms with Crippen LogP contribution < -0.4 is 10.6 Å². The maximum atomic E-state index is 13.7. The van der Waals surface area contributed by atoms with Gasteiger partial charge in [-0.05, 0) is 43.9 Å². The fraction of sp³-hybridized carbons (Fsp3) is 0.464. The van der Waals surface area contributed by atoms with Crippen LogP contribution in [0, 0.1) is 5.92 Å². The van der Waals surface area contributed by atoms with Gasteiger partial charge < -0.3 is 15.5 Å². The van der Waals surface area contributed by atoms with E-state index in [1.54, 1.807) is 49.3 Å². The lowest BCUT2D eigenvalue weighted by molar-refractivity contribution is -0.130. The second-order valence-corrected chi connectivity index (χ2v) is 10.2. The number of nitrogens with zero attached hydrogens (tertiary/aromatic N) is 3. The summed E-state index contributed by atoms with van der Waals surface area (Å²) in [7, 11) is 3.47. The Hall–Kier alpha value is -3.40. The second-order valence-electron chi connectivity index (χ2n) is 10.2. The molecule has 2 N–H and O–H groups in total. The average molecular weight is 530 g/mol. The first-order valence-electron chi connectivity index (χ1n) is 12.9. The lowest BCUT2D eigenvalue weighted by atomic mass is 10.00. The molecule has 38 heavy (non-hydrogen) atoms. The molecule has 1 saturated carbocycles. The Morgan fingerprint density at radius 1 is 1.16 bits per heavy atom. The Labute approximate surface area is 220 Å². The van der Waals surface area contributed by atoms with E-state index in [9.17, 15) is 22.8 Å². The van der Waals surface area contributed by atoms with Crippen molar-refractivity contribution in [2.45, 2.75) is 37.9 Å². The first-order chi connectivity index (χ1) is 18.0. The molecule has 2 aromatic rings. The summed E-state index contributed by atoms with van der Waals surface area (Å²) < 4.78 is 41.0. The van der Waals surface area contributed by atoms with Crippen LogP contribution in [0.2, 0.25) is 0 Å². The van der Waals surface area contributed by atoms with E-state index in [-0.39, 0.29) is 36.0 Å². The van der Waals surface area contributed by atoms with Crippen LogP contribution in [0.25, 0.3) is 22.4 Å². The van der Waals surface area contributed by atoms with Gasteiger partial charge in [0.15, 0.2) is 0 Å². The van der Waals surface area contributed by atoms with Gasteiger partial charge in [0.2, 0.25) is 11.8 Å². The molecule has 4 rings (SSSR count). The molecule has 1 aliphatic carbocycles. The molecular formula is C28H34F3N5O2. The highest BCUT2D eigenvalue weighted by Gasteiger charge is 2.35. The minimum atomic E-state index is -4.62. The van der Waals surface area contributed by atoms with Crippen molar-refractivity contribution < 1.29 is 22.8 Å². The largest absolute Gasteiger partial charge is 0.417 e. The molecule has 7 nitrogen and oxygen atoms in total. The maximum absolute atomic E-state index is 13.7. The van der Waals surface area contributed by atoms with E-state index in [4.69, 9.17) is 0 Å². The molecule has 1 saturated heterocycles. The first kappa shape index (κ1) is 27.6. The molecule has 1 aromatic heterocycles. The molecule has 1 aromatic carbocycles. The number of hydrogen-bond acceptors (Lipinski definition) is 5. The molecule has 10 heteroatoms. The molecular weight excluding hydrogens is 495 g/mol. The lowest BCUT2D eigenvalue weighted by Gasteiger charge is -2.33. The number of fused-ring (bicyclic) bond motifs is 1. The van der Waals surface area contributed by atoms with Crippen LogP contribution in [-0.4, -0.2) is 79.1 Å². The molecule has 0 spiro atoms. The van der Waals surface area contributed by atoms with Crippen molar-refractivity contribution in [3.05, 3.63) is 48.3 Å². The fourth-order valence-corrected chi connectivity index (χ4v) is 4.49. The Balaban J connectivity index is 1.55. The van der Waals surface area contributed by atoms with Gasteiger partial charge in [0.25, 0.3) is 0 Å². The Morgan fingerprint density at radius 3 is 2.50 bits per heavy atom. The SMILES string of the molecule is C=C(c1nc(/C=C/CNC(=O)C2CC2)cc2c(NC3CCN(CC(=O)N(C)C)CC3)cccc12)C(F)(F)F. The highest BCUT2D eigenvalue weighted by Crippen LogP contribution is 2.37. The number of benzene rings is 1. The van der Waals surface area contributed by atoms with Gasteiger partial charge in [-0.1, -0.05) is 24.8 Å². The van der Waals surface area contributed by atoms with Crippen LogP contribution in [0.3, 0.4) is 0 Å². The van der Waals surface area contributed by atoms with Gasteiger partial charge in [-0.15, -0.1) is 0 Å². The smallest absolute Gasteiger partial charge is 0.382 e. The summed E-state index contributed by atoms with van der Waals surface area (Å²) in [6.45, 7) is 5.45. The zero-order valence-electron chi connectivity index (χ0n) is 21.8. The minimum absolute atomic E-state index is 0.00382. The zero-order valence-corrected chi connectivity index (χ0v) is 21.8. The maximum Gasteiger partial charge on any atom is 0.417 e. The highest BCUT2D eigenvalue weighted by atomic mass is 19.4. The van der Waals surface area contributed by atoms with Crippen molar-refractivity contribution in [1.29, 1.82) is 0 Å². The number of allylic oxidation sites excluding steroid dienone is 1. The normalized spacial score (nSPS) is 17.1. The fourth-order valence-electron chi connectivity index (χ4n) is 4.49. The number of nitrogens with one attached hydrogen (secondary N) is 2. The van der Waals surface area contributed by atoms with Crippen LogP contribution in [0.4, 0.5) is 18.9 Å². The van der Waals surface area contributed by atoms with E-state index >= 15 is 0 Å². The molecule has 1 aliphatic heterocycles. The van der Waals surface area contributed by atoms with E-state index in [2.05, 4.69) is 27.1 Å². The minimum Gasteiger partial charge on any atom is -0.382 e. The summed E-state index contributed by atoms with van der Waals surface area (Å²) >= 11 is 0. The van der Waals surface area contributed by atoms with Crippen molar-refractivity contribution >= 4 is 39.9 Å². The van der Waals surface area contributed by atoms with Crippen LogP contribution >= 0.6 is 0 Å². The quantitative estimate of drug-likeness (QED) is 0.506. The average Bonchev–Trinajstić information content (AvgIpc) is 3.72. The standard InChI is InChI=1S/C28H34F3N5O2/c1-18(28(29,30)31)26-22-7-4-8-24(33-20-11-14-36(15-12-20)17-25(37)35(2)3)23(22)16-21(34-26)6-5-13-32-27(38)19-9-10-19/h4-8,16,19-20,33H,1,9-15,17H2,2-3H3,(H,32,38)/b6-5+. The van der Waals surface area contributed by atoms with E-state index in [0.717, 1.165) is 44.5 Å². The number of pyridine rings is 1. The summed E-state index contributed by atoms with van der Waals surface area (Å²) in [5, 5.41) is 7.31. The predicted molar refractivity (Wildman–Crippen MR) is 143 cm³/mol. The summed E-state index contributed by atoms with van der Waals surface area (Å²) in [4.78, 5) is 31.9. The number of rotatable bonds is 9. The van der Waals surface area contributed by atoms with E-state index in [1.165, 1.54) is 0 Å². The third-order valence-electron chi connectivity index (χ3n) is 6.96. The van der Waals surface area contributed by atoms with E-state index in [0.29, 0.717) is 23.0 Å². The summed E-state index contributed by atoms with van der Waals surface area (Å²) in [6, 6.07) is 7.07. The molecule has 0 atom stereocenters. The van der Waals surface area contributed by atoms with Gasteiger partial charge in [-0.3, -0.25) is 14.5 Å². The zero-order chi connectivity index (χ0) is 27.4. The number of likely N-dealkylation sites (N-methyl/N-ethyl adjacent to an activating group) is 1. The van der Waals surface area contributed by atoms with Crippen molar-refractivity contribution in [3.63, 3.8) is 0 Å². The van der Waals surface area contributed by atoms with Crippen molar-refractivity contribution in [2.75, 3.05) is 45.6 Å². The van der Waals surface area contributed by atoms with Crippen molar-refractivity contribution in [3.8, 4) is 0 Å². The van der Waals surface area contributed by atoms with Gasteiger partial charge in [-0.25, -0.2) is 4.98 Å². The second kappa shape index (κ2) is 11.6. The van der Waals surface area contributed by atoms with Gasteiger partial charge in [0, 0.05) is 62.1 Å². The summed E-state index contributed by atoms with van der Waals surface area (Å²) in [5.74, 6) is 0.136. The van der Waals surface area contributed by atoms with E-state index < -0.39 is 11.7 Å². The number of hydrogen-bond donors (Lipinski definition) is 2. The lowest BCUT2D eigenvalue weighted by Crippen LogP contribution is -2.43. The number of halogens is 3. The molecule has 2 amide bonds. The summed E-state index contributed by atoms with van der Waals surface area (Å²) in [6.07, 6.45) is 2.09. The molecule has 0 radical (unpaired) electrons. The van der Waals surface area contributed by atoms with E-state index in [1.807, 2.05) is 6.07 Å². The molecule has 204 valence electrons. The van der Waals surface area contributed by atoms with Crippen LogP contribution in [-0.2, 0) is 9.59 Å². The number of alkyl halides is 3. The van der Waals surface area contributed by atoms with Crippen LogP contribution in [0.1, 0.15) is 37.1 Å². The molecule has 0 unspecified atom stereocenters. The third-order valence-corrected chi connectivity index (χ3v) is 6.96. The Kier molecular flexibility index (Phi) is 8.40. The number of carbonyl (C=O) groups is 2. The molecule has 2 heterocycles. The van der Waals surface area contributed by atoms with Crippen LogP contribution in [0.5, 0.6) is 0 Å². The number of amides is 2. The first-order valence-corrected chi connectivity index (χ1v) is 12.9. The number of aromatic nitrogens is 1. The molecule has 2 fully saturated rings. The number of carbonyl (C=O) groups excluding carboxylic acids is 2. The number of likely N-dealkylation sites (tertiary alicyclic amines) is 1. The van der Waals surface area contributed by atoms with Gasteiger partial charge >= 0.3 is 6.18 Å². The Bertz CT molecular complexity index is 1230. The highest BCUT2D eigenvalue weighted by molar-refractivity contribution is 6.00. The molecule has 0 bridgehead atoms. The van der Waals surface area contributed by atoms with Gasteiger partial charge in [0.1, 0.15) is 0 Å². The third kappa shape index (κ3) is 6.92. The number of anilines is 1. The van der Waals surface area contributed by atoms with Crippen molar-refractivity contribution in [2.24, 2.45) is 5.92 Å². The summed E-state index contributed by atoms with van der Waals surface area (Å²) in [5.41, 5.74) is -0.140. The Morgan fingerprint density at radius 2 is 1.87 bits per heavy atom. The van der Waals surface area contributed by atoms with Gasteiger partial charge in [0.05, 0.1) is 23.5 Å². The topological polar surface area (TPSA) is 77.6 Å². The monoisotopic (exact) mass is 529 g/mol. The van der Waals surface area contributed by atoms with Crippen LogP contribution in [0.15, 0.2) is 36.9 Å².